The summed E-state index contributed by atoms with van der Waals surface area (Å²) >= 11 is 5.13. The summed E-state index contributed by atoms with van der Waals surface area (Å²) in [5, 5.41) is 5.92. The highest BCUT2D eigenvalue weighted by atomic mass is 32.1. The number of hydrogen-bond donors (Lipinski definition) is 2. The first-order chi connectivity index (χ1) is 10.6. The Labute approximate surface area is 143 Å². The van der Waals surface area contributed by atoms with Crippen LogP contribution in [0.4, 0.5) is 5.69 Å². The van der Waals surface area contributed by atoms with Gasteiger partial charge in [-0.2, -0.15) is 0 Å². The average Bonchev–Trinajstić information content (AvgIpc) is 2.44. The molecule has 2 amide bonds. The van der Waals surface area contributed by atoms with Gasteiger partial charge in [0.2, 0.25) is 11.8 Å². The predicted octanol–water partition coefficient (Wildman–Crippen LogP) is 2.57. The normalized spacial score (nSPS) is 10.8. The molecule has 5 nitrogen and oxygen atoms in total. The molecule has 0 saturated heterocycles. The lowest BCUT2D eigenvalue weighted by Gasteiger charge is -2.18. The van der Waals surface area contributed by atoms with Crippen molar-refractivity contribution in [1.82, 2.24) is 10.2 Å². The lowest BCUT2D eigenvalue weighted by molar-refractivity contribution is -0.128. The van der Waals surface area contributed by atoms with Gasteiger partial charge in [-0.3, -0.25) is 9.59 Å². The molecule has 0 aliphatic carbocycles. The Morgan fingerprint density at radius 1 is 1.13 bits per heavy atom. The van der Waals surface area contributed by atoms with Gasteiger partial charge < -0.3 is 15.5 Å². The summed E-state index contributed by atoms with van der Waals surface area (Å²) in [6, 6.07) is 7.65. The fourth-order valence-corrected chi connectivity index (χ4v) is 1.89. The summed E-state index contributed by atoms with van der Waals surface area (Å²) in [5.74, 6) is -0.0212. The van der Waals surface area contributed by atoms with Crippen LogP contribution in [0.15, 0.2) is 24.3 Å². The number of thiocarbonyl (C=S) groups is 1. The molecule has 0 aromatic heterocycles. The predicted molar refractivity (Wildman–Crippen MR) is 97.3 cm³/mol. The zero-order valence-electron chi connectivity index (χ0n) is 14.4. The van der Waals surface area contributed by atoms with Gasteiger partial charge in [-0.15, -0.1) is 0 Å². The number of aryl methyl sites for hydroxylation is 1. The van der Waals surface area contributed by atoms with Crippen LogP contribution in [0.5, 0.6) is 0 Å². The third kappa shape index (κ3) is 6.78. The van der Waals surface area contributed by atoms with E-state index in [0.29, 0.717) is 12.8 Å². The zero-order valence-corrected chi connectivity index (χ0v) is 15.2. The van der Waals surface area contributed by atoms with Gasteiger partial charge in [0.1, 0.15) is 0 Å². The number of carbonyl (C=O) groups excluding carboxylic acids is 2. The number of nitrogens with zero attached hydrogens (tertiary/aromatic N) is 1. The van der Waals surface area contributed by atoms with E-state index in [1.807, 2.05) is 45.0 Å². The second-order valence-electron chi connectivity index (χ2n) is 6.64. The molecule has 0 atom stereocenters. The van der Waals surface area contributed by atoms with Crippen molar-refractivity contribution in [1.29, 1.82) is 0 Å². The highest BCUT2D eigenvalue weighted by Gasteiger charge is 2.21. The minimum atomic E-state index is -0.491. The molecule has 23 heavy (non-hydrogen) atoms. The molecule has 0 unspecified atom stereocenters. The van der Waals surface area contributed by atoms with Gasteiger partial charge in [0.25, 0.3) is 0 Å². The molecule has 0 fully saturated rings. The summed E-state index contributed by atoms with van der Waals surface area (Å²) in [6.07, 6.45) is 1.18. The topological polar surface area (TPSA) is 61.4 Å². The van der Waals surface area contributed by atoms with Crippen LogP contribution in [-0.2, 0) is 16.0 Å². The molecule has 0 saturated carbocycles. The maximum Gasteiger partial charge on any atom is 0.231 e. The number of amides is 2. The lowest BCUT2D eigenvalue weighted by atomic mass is 9.96. The first-order valence-corrected chi connectivity index (χ1v) is 7.92. The van der Waals surface area contributed by atoms with Crippen molar-refractivity contribution >= 4 is 34.8 Å². The van der Waals surface area contributed by atoms with Crippen molar-refractivity contribution in [2.24, 2.45) is 5.41 Å². The van der Waals surface area contributed by atoms with E-state index in [1.165, 1.54) is 0 Å². The fraction of sp³-hybridized carbons (Fsp3) is 0.471. The maximum atomic E-state index is 11.8. The van der Waals surface area contributed by atoms with Crippen molar-refractivity contribution in [3.8, 4) is 0 Å². The lowest BCUT2D eigenvalue weighted by Crippen LogP contribution is -2.41. The largest absolute Gasteiger partial charge is 0.349 e. The Morgan fingerprint density at radius 3 is 2.17 bits per heavy atom. The third-order valence-electron chi connectivity index (χ3n) is 3.25. The fourth-order valence-electron chi connectivity index (χ4n) is 1.68. The molecule has 2 N–H and O–H groups in total. The molecule has 1 aromatic rings. The molecular formula is C17H25N3O2S. The van der Waals surface area contributed by atoms with Gasteiger partial charge in [0.05, 0.1) is 0 Å². The van der Waals surface area contributed by atoms with Gasteiger partial charge in [-0.1, -0.05) is 32.9 Å². The highest BCUT2D eigenvalue weighted by Crippen LogP contribution is 2.14. The van der Waals surface area contributed by atoms with E-state index in [-0.39, 0.29) is 16.9 Å². The van der Waals surface area contributed by atoms with E-state index in [4.69, 9.17) is 12.2 Å². The molecule has 0 radical (unpaired) electrons. The number of nitrogens with one attached hydrogen (secondary N) is 2. The Morgan fingerprint density at radius 2 is 1.70 bits per heavy atom. The van der Waals surface area contributed by atoms with Gasteiger partial charge >= 0.3 is 0 Å². The van der Waals surface area contributed by atoms with Crippen molar-refractivity contribution in [3.05, 3.63) is 29.8 Å². The molecule has 0 aliphatic rings. The number of rotatable bonds is 4. The number of benzene rings is 1. The van der Waals surface area contributed by atoms with Gasteiger partial charge in [0, 0.05) is 31.6 Å². The maximum absolute atomic E-state index is 11.8. The monoisotopic (exact) mass is 335 g/mol. The summed E-state index contributed by atoms with van der Waals surface area (Å²) in [7, 11) is 3.50. The number of anilines is 1. The van der Waals surface area contributed by atoms with E-state index in [1.54, 1.807) is 19.0 Å². The highest BCUT2D eigenvalue weighted by molar-refractivity contribution is 7.80. The molecule has 0 aliphatic heterocycles. The van der Waals surface area contributed by atoms with Crippen molar-refractivity contribution in [3.63, 3.8) is 0 Å². The van der Waals surface area contributed by atoms with Crippen LogP contribution < -0.4 is 10.6 Å². The standard InChI is InChI=1S/C17H25N3O2S/c1-17(2,3)15(22)19-16(23)18-13-9-6-12(7-10-13)8-11-14(21)20(4)5/h6-7,9-10H,8,11H2,1-5H3,(H2,18,19,22,23). The van der Waals surface area contributed by atoms with E-state index >= 15 is 0 Å². The molecule has 6 heteroatoms. The van der Waals surface area contributed by atoms with E-state index < -0.39 is 5.41 Å². The van der Waals surface area contributed by atoms with E-state index in [9.17, 15) is 9.59 Å². The Balaban J connectivity index is 2.52. The van der Waals surface area contributed by atoms with Crippen LogP contribution in [0.1, 0.15) is 32.8 Å². The second kappa shape index (κ2) is 8.06. The number of hydrogen-bond acceptors (Lipinski definition) is 3. The second-order valence-corrected chi connectivity index (χ2v) is 7.05. The van der Waals surface area contributed by atoms with Crippen LogP contribution in [0.25, 0.3) is 0 Å². The summed E-state index contributed by atoms with van der Waals surface area (Å²) in [6.45, 7) is 5.48. The van der Waals surface area contributed by atoms with Crippen LogP contribution in [0.2, 0.25) is 0 Å². The van der Waals surface area contributed by atoms with E-state index in [2.05, 4.69) is 10.6 Å². The third-order valence-corrected chi connectivity index (χ3v) is 3.45. The molecular weight excluding hydrogens is 310 g/mol. The Hall–Kier alpha value is -1.95. The summed E-state index contributed by atoms with van der Waals surface area (Å²) in [4.78, 5) is 25.0. The summed E-state index contributed by atoms with van der Waals surface area (Å²) in [5.41, 5.74) is 1.39. The van der Waals surface area contributed by atoms with Crippen LogP contribution in [0.3, 0.4) is 0 Å². The molecule has 0 heterocycles. The van der Waals surface area contributed by atoms with Crippen LogP contribution >= 0.6 is 12.2 Å². The van der Waals surface area contributed by atoms with Crippen molar-refractivity contribution in [2.75, 3.05) is 19.4 Å². The smallest absolute Gasteiger partial charge is 0.231 e. The molecule has 0 bridgehead atoms. The zero-order chi connectivity index (χ0) is 17.6. The molecule has 1 rings (SSSR count). The van der Waals surface area contributed by atoms with Gasteiger partial charge in [0.15, 0.2) is 5.11 Å². The minimum Gasteiger partial charge on any atom is -0.349 e. The first-order valence-electron chi connectivity index (χ1n) is 7.51. The molecule has 126 valence electrons. The first kappa shape index (κ1) is 19.1. The summed E-state index contributed by atoms with van der Waals surface area (Å²) < 4.78 is 0. The van der Waals surface area contributed by atoms with E-state index in [0.717, 1.165) is 11.3 Å². The van der Waals surface area contributed by atoms with Crippen LogP contribution in [0, 0.1) is 5.41 Å². The minimum absolute atomic E-state index is 0.110. The SMILES string of the molecule is CN(C)C(=O)CCc1ccc(NC(=S)NC(=O)C(C)(C)C)cc1. The number of carbonyl (C=O) groups is 2. The van der Waals surface area contributed by atoms with Crippen molar-refractivity contribution < 1.29 is 9.59 Å². The Bertz CT molecular complexity index is 574. The Kier molecular flexibility index (Phi) is 6.69. The van der Waals surface area contributed by atoms with Gasteiger partial charge in [-0.25, -0.2) is 0 Å². The molecule has 0 spiro atoms. The average molecular weight is 335 g/mol. The molecule has 1 aromatic carbocycles. The van der Waals surface area contributed by atoms with Crippen LogP contribution in [-0.4, -0.2) is 35.9 Å². The van der Waals surface area contributed by atoms with Crippen molar-refractivity contribution in [2.45, 2.75) is 33.6 Å². The van der Waals surface area contributed by atoms with Gasteiger partial charge in [-0.05, 0) is 36.3 Å². The quantitative estimate of drug-likeness (QED) is 0.830.